The lowest BCUT2D eigenvalue weighted by molar-refractivity contribution is 0.206. The quantitative estimate of drug-likeness (QED) is 0.271. The summed E-state index contributed by atoms with van der Waals surface area (Å²) in [6, 6.07) is -0.215. The predicted molar refractivity (Wildman–Crippen MR) is 75.2 cm³/mol. The second-order valence-corrected chi connectivity index (χ2v) is 5.67. The molecule has 110 valence electrons. The first kappa shape index (κ1) is 15.6. The molecule has 0 saturated heterocycles. The summed E-state index contributed by atoms with van der Waals surface area (Å²) in [5.74, 6) is 0.760. The fraction of sp³-hybridized carbons (Fsp3) is 0.846. The van der Waals surface area contributed by atoms with E-state index in [0.717, 1.165) is 19.3 Å². The van der Waals surface area contributed by atoms with Crippen LogP contribution in [0.2, 0.25) is 0 Å². The maximum atomic E-state index is 11.9. The van der Waals surface area contributed by atoms with Crippen molar-refractivity contribution >= 4 is 11.9 Å². The number of hydrogen-bond donors (Lipinski definition) is 4. The van der Waals surface area contributed by atoms with E-state index in [4.69, 9.17) is 10.9 Å². The molecule has 0 aliphatic heterocycles. The van der Waals surface area contributed by atoms with E-state index in [9.17, 15) is 4.79 Å². The lowest BCUT2D eigenvalue weighted by Gasteiger charge is -2.39. The number of amides is 2. The zero-order valence-corrected chi connectivity index (χ0v) is 12.1. The Kier molecular flexibility index (Phi) is 5.44. The van der Waals surface area contributed by atoms with Crippen molar-refractivity contribution in [3.63, 3.8) is 0 Å². The van der Waals surface area contributed by atoms with Crippen LogP contribution in [0.4, 0.5) is 4.79 Å². The van der Waals surface area contributed by atoms with Crippen molar-refractivity contribution in [1.29, 1.82) is 0 Å². The van der Waals surface area contributed by atoms with Crippen LogP contribution in [0.15, 0.2) is 5.16 Å². The molecule has 2 amide bonds. The highest BCUT2D eigenvalue weighted by Crippen LogP contribution is 2.33. The Morgan fingerprint density at radius 2 is 2.05 bits per heavy atom. The number of nitrogens with two attached hydrogens (primary N) is 1. The number of nitrogens with zero attached hydrogens (tertiary/aromatic N) is 1. The largest absolute Gasteiger partial charge is 0.409 e. The second kappa shape index (κ2) is 6.63. The summed E-state index contributed by atoms with van der Waals surface area (Å²) < 4.78 is 0. The van der Waals surface area contributed by atoms with Crippen LogP contribution in [0, 0.1) is 5.92 Å². The van der Waals surface area contributed by atoms with Crippen LogP contribution in [0.1, 0.15) is 52.9 Å². The van der Waals surface area contributed by atoms with Crippen molar-refractivity contribution in [3.05, 3.63) is 0 Å². The standard InChI is InChI=1S/C13H26N4O2/c1-4-10-5-7-13(8-6-10,11(14)17-19)16-12(18)15-9(2)3/h9-10,19H,4-8H2,1-3H3,(H2,14,17)(H2,15,16,18). The highest BCUT2D eigenvalue weighted by atomic mass is 16.4. The summed E-state index contributed by atoms with van der Waals surface area (Å²) >= 11 is 0. The molecule has 1 fully saturated rings. The van der Waals surface area contributed by atoms with Crippen molar-refractivity contribution in [1.82, 2.24) is 10.6 Å². The first-order valence-electron chi connectivity index (χ1n) is 7.00. The van der Waals surface area contributed by atoms with Gasteiger partial charge in [0.05, 0.1) is 0 Å². The van der Waals surface area contributed by atoms with E-state index in [-0.39, 0.29) is 17.9 Å². The van der Waals surface area contributed by atoms with Crippen molar-refractivity contribution in [2.45, 2.75) is 64.5 Å². The van der Waals surface area contributed by atoms with Crippen molar-refractivity contribution < 1.29 is 10.0 Å². The molecule has 0 aromatic rings. The molecular weight excluding hydrogens is 244 g/mol. The van der Waals surface area contributed by atoms with E-state index in [2.05, 4.69) is 22.7 Å². The third kappa shape index (κ3) is 4.01. The van der Waals surface area contributed by atoms with E-state index in [1.54, 1.807) is 0 Å². The van der Waals surface area contributed by atoms with Gasteiger partial charge in [0.15, 0.2) is 5.84 Å². The van der Waals surface area contributed by atoms with Crippen LogP contribution in [0.25, 0.3) is 0 Å². The molecule has 1 rings (SSSR count). The molecule has 6 nitrogen and oxygen atoms in total. The van der Waals surface area contributed by atoms with Crippen molar-refractivity contribution in [2.24, 2.45) is 16.8 Å². The highest BCUT2D eigenvalue weighted by molar-refractivity contribution is 5.93. The normalized spacial score (nSPS) is 28.2. The number of urea groups is 1. The van der Waals surface area contributed by atoms with E-state index in [1.807, 2.05) is 13.8 Å². The molecule has 0 heterocycles. The molecule has 5 N–H and O–H groups in total. The Hall–Kier alpha value is -1.46. The fourth-order valence-corrected chi connectivity index (χ4v) is 2.64. The SMILES string of the molecule is CCC1CCC(NC(=O)NC(C)C)(/C(N)=N/O)CC1. The minimum absolute atomic E-state index is 0.0521. The Morgan fingerprint density at radius 1 is 1.47 bits per heavy atom. The maximum absolute atomic E-state index is 11.9. The minimum Gasteiger partial charge on any atom is -0.409 e. The van der Waals surface area contributed by atoms with E-state index in [1.165, 1.54) is 0 Å². The molecule has 1 aliphatic carbocycles. The van der Waals surface area contributed by atoms with Crippen molar-refractivity contribution in [2.75, 3.05) is 0 Å². The third-order valence-corrected chi connectivity index (χ3v) is 3.91. The average Bonchev–Trinajstić information content (AvgIpc) is 2.37. The molecule has 1 saturated carbocycles. The van der Waals surface area contributed by atoms with Gasteiger partial charge in [-0.3, -0.25) is 0 Å². The minimum atomic E-state index is -0.709. The first-order chi connectivity index (χ1) is 8.93. The number of carbonyl (C=O) groups is 1. The van der Waals surface area contributed by atoms with Gasteiger partial charge in [-0.1, -0.05) is 18.5 Å². The smallest absolute Gasteiger partial charge is 0.315 e. The Balaban J connectivity index is 2.76. The van der Waals surface area contributed by atoms with Crippen LogP contribution in [0.3, 0.4) is 0 Å². The molecular formula is C13H26N4O2. The summed E-state index contributed by atoms with van der Waals surface area (Å²) in [7, 11) is 0. The Morgan fingerprint density at radius 3 is 2.47 bits per heavy atom. The number of hydrogen-bond acceptors (Lipinski definition) is 3. The number of carbonyl (C=O) groups excluding carboxylic acids is 1. The van der Waals surface area contributed by atoms with Crippen LogP contribution in [-0.4, -0.2) is 28.7 Å². The van der Waals surface area contributed by atoms with E-state index < -0.39 is 5.54 Å². The number of nitrogens with one attached hydrogen (secondary N) is 2. The zero-order chi connectivity index (χ0) is 14.5. The van der Waals surface area contributed by atoms with Gasteiger partial charge >= 0.3 is 6.03 Å². The first-order valence-corrected chi connectivity index (χ1v) is 7.00. The molecule has 19 heavy (non-hydrogen) atoms. The predicted octanol–water partition coefficient (Wildman–Crippen LogP) is 1.78. The molecule has 0 aromatic heterocycles. The van der Waals surface area contributed by atoms with Gasteiger partial charge in [0.1, 0.15) is 5.54 Å². The molecule has 0 radical (unpaired) electrons. The second-order valence-electron chi connectivity index (χ2n) is 5.67. The maximum Gasteiger partial charge on any atom is 0.315 e. The van der Waals surface area contributed by atoms with Crippen molar-refractivity contribution in [3.8, 4) is 0 Å². The molecule has 0 spiro atoms. The third-order valence-electron chi connectivity index (χ3n) is 3.91. The van der Waals surface area contributed by atoms with E-state index in [0.29, 0.717) is 18.8 Å². The molecule has 0 unspecified atom stereocenters. The van der Waals surface area contributed by atoms with Gasteiger partial charge in [-0.25, -0.2) is 4.79 Å². The van der Waals surface area contributed by atoms with Crippen LogP contribution >= 0.6 is 0 Å². The Labute approximate surface area is 114 Å². The van der Waals surface area contributed by atoms with E-state index >= 15 is 0 Å². The van der Waals surface area contributed by atoms with Crippen LogP contribution in [0.5, 0.6) is 0 Å². The van der Waals surface area contributed by atoms with Gasteiger partial charge in [-0.15, -0.1) is 0 Å². The fourth-order valence-electron chi connectivity index (χ4n) is 2.64. The average molecular weight is 270 g/mol. The lowest BCUT2D eigenvalue weighted by atomic mass is 9.75. The van der Waals surface area contributed by atoms with Gasteiger partial charge < -0.3 is 21.6 Å². The molecule has 0 bridgehead atoms. The summed E-state index contributed by atoms with van der Waals surface area (Å²) in [4.78, 5) is 11.9. The number of rotatable bonds is 4. The topological polar surface area (TPSA) is 99.7 Å². The summed E-state index contributed by atoms with van der Waals surface area (Å²) in [6.07, 6.45) is 4.52. The highest BCUT2D eigenvalue weighted by Gasteiger charge is 2.40. The molecule has 6 heteroatoms. The molecule has 1 aliphatic rings. The Bertz CT molecular complexity index is 334. The van der Waals surface area contributed by atoms with Gasteiger partial charge in [-0.2, -0.15) is 0 Å². The molecule has 0 atom stereocenters. The summed E-state index contributed by atoms with van der Waals surface area (Å²) in [5, 5.41) is 17.8. The lowest BCUT2D eigenvalue weighted by Crippen LogP contribution is -2.61. The number of amidine groups is 1. The van der Waals surface area contributed by atoms with Crippen LogP contribution < -0.4 is 16.4 Å². The summed E-state index contributed by atoms with van der Waals surface area (Å²) in [6.45, 7) is 5.95. The van der Waals surface area contributed by atoms with Gasteiger partial charge in [0, 0.05) is 6.04 Å². The monoisotopic (exact) mass is 270 g/mol. The number of oxime groups is 1. The van der Waals surface area contributed by atoms with Crippen LogP contribution in [-0.2, 0) is 0 Å². The van der Waals surface area contributed by atoms with Gasteiger partial charge in [-0.05, 0) is 45.4 Å². The molecule has 0 aromatic carbocycles. The van der Waals surface area contributed by atoms with Gasteiger partial charge in [0.25, 0.3) is 0 Å². The van der Waals surface area contributed by atoms with Gasteiger partial charge in [0.2, 0.25) is 0 Å². The zero-order valence-electron chi connectivity index (χ0n) is 12.1. The summed E-state index contributed by atoms with van der Waals surface area (Å²) in [5.41, 5.74) is 5.10.